The van der Waals surface area contributed by atoms with Crippen molar-refractivity contribution in [1.29, 1.82) is 0 Å². The number of amides is 1. The molecule has 22 heavy (non-hydrogen) atoms. The molecule has 0 spiro atoms. The maximum Gasteiger partial charge on any atom is 0.236 e. The van der Waals surface area contributed by atoms with Gasteiger partial charge >= 0.3 is 0 Å². The van der Waals surface area contributed by atoms with Crippen LogP contribution in [0.25, 0.3) is 0 Å². The first-order chi connectivity index (χ1) is 10.7. The SMILES string of the molecule is CCCCSc1nnc(NC(=O)CSc2ccc(C)cc2)s1. The van der Waals surface area contributed by atoms with Crippen molar-refractivity contribution in [2.45, 2.75) is 35.9 Å². The molecule has 1 aromatic carbocycles. The Morgan fingerprint density at radius 3 is 2.73 bits per heavy atom. The molecular weight excluding hydrogens is 334 g/mol. The Labute approximate surface area is 143 Å². The van der Waals surface area contributed by atoms with Gasteiger partial charge in [0.1, 0.15) is 0 Å². The molecule has 0 saturated carbocycles. The second-order valence-electron chi connectivity index (χ2n) is 4.73. The fraction of sp³-hybridized carbons (Fsp3) is 0.400. The van der Waals surface area contributed by atoms with E-state index >= 15 is 0 Å². The Balaban J connectivity index is 1.75. The fourth-order valence-electron chi connectivity index (χ4n) is 1.56. The molecule has 0 saturated heterocycles. The summed E-state index contributed by atoms with van der Waals surface area (Å²) in [6.45, 7) is 4.21. The van der Waals surface area contributed by atoms with E-state index in [1.54, 1.807) is 11.8 Å². The zero-order chi connectivity index (χ0) is 15.8. The molecule has 0 aliphatic heterocycles. The number of nitrogens with zero attached hydrogens (tertiary/aromatic N) is 2. The highest BCUT2D eigenvalue weighted by Crippen LogP contribution is 2.26. The predicted molar refractivity (Wildman–Crippen MR) is 96.1 cm³/mol. The number of thioether (sulfide) groups is 2. The van der Waals surface area contributed by atoms with E-state index in [0.717, 1.165) is 15.0 Å². The Morgan fingerprint density at radius 2 is 2.00 bits per heavy atom. The molecule has 1 amide bonds. The molecule has 1 aromatic heterocycles. The van der Waals surface area contributed by atoms with Crippen molar-refractivity contribution in [3.63, 3.8) is 0 Å². The summed E-state index contributed by atoms with van der Waals surface area (Å²) < 4.78 is 0.912. The van der Waals surface area contributed by atoms with E-state index in [-0.39, 0.29) is 5.91 Å². The van der Waals surface area contributed by atoms with Gasteiger partial charge in [-0.1, -0.05) is 54.1 Å². The summed E-state index contributed by atoms with van der Waals surface area (Å²) in [6, 6.07) is 8.15. The summed E-state index contributed by atoms with van der Waals surface area (Å²) in [5.41, 5.74) is 1.22. The molecule has 0 atom stereocenters. The Morgan fingerprint density at radius 1 is 1.23 bits per heavy atom. The molecule has 2 rings (SSSR count). The minimum absolute atomic E-state index is 0.0492. The number of aryl methyl sites for hydroxylation is 1. The lowest BCUT2D eigenvalue weighted by Gasteiger charge is -2.02. The summed E-state index contributed by atoms with van der Waals surface area (Å²) in [4.78, 5) is 13.0. The van der Waals surface area contributed by atoms with E-state index in [1.165, 1.54) is 41.5 Å². The molecule has 2 aromatic rings. The normalized spacial score (nSPS) is 10.6. The van der Waals surface area contributed by atoms with E-state index in [9.17, 15) is 4.79 Å². The van der Waals surface area contributed by atoms with Crippen molar-refractivity contribution in [2.75, 3.05) is 16.8 Å². The van der Waals surface area contributed by atoms with Gasteiger partial charge in [-0.3, -0.25) is 10.1 Å². The van der Waals surface area contributed by atoms with Gasteiger partial charge in [0.05, 0.1) is 5.75 Å². The molecule has 4 nitrogen and oxygen atoms in total. The van der Waals surface area contributed by atoms with Crippen LogP contribution in [0.4, 0.5) is 5.13 Å². The lowest BCUT2D eigenvalue weighted by molar-refractivity contribution is -0.113. The van der Waals surface area contributed by atoms with Crippen LogP contribution in [-0.2, 0) is 4.79 Å². The first-order valence-corrected chi connectivity index (χ1v) is 9.91. The van der Waals surface area contributed by atoms with Gasteiger partial charge in [-0.2, -0.15) is 0 Å². The average Bonchev–Trinajstić information content (AvgIpc) is 2.94. The molecule has 118 valence electrons. The smallest absolute Gasteiger partial charge is 0.236 e. The van der Waals surface area contributed by atoms with Crippen molar-refractivity contribution in [2.24, 2.45) is 0 Å². The summed E-state index contributed by atoms with van der Waals surface area (Å²) in [6.07, 6.45) is 2.34. The average molecular weight is 354 g/mol. The van der Waals surface area contributed by atoms with Crippen molar-refractivity contribution in [1.82, 2.24) is 10.2 Å². The van der Waals surface area contributed by atoms with Crippen molar-refractivity contribution in [3.8, 4) is 0 Å². The van der Waals surface area contributed by atoms with E-state index in [0.29, 0.717) is 10.9 Å². The number of hydrogen-bond donors (Lipinski definition) is 1. The quantitative estimate of drug-likeness (QED) is 0.431. The maximum absolute atomic E-state index is 11.9. The van der Waals surface area contributed by atoms with Crippen molar-refractivity contribution in [3.05, 3.63) is 29.8 Å². The van der Waals surface area contributed by atoms with Gasteiger partial charge in [-0.05, 0) is 25.5 Å². The molecule has 7 heteroatoms. The number of nitrogens with one attached hydrogen (secondary N) is 1. The van der Waals surface area contributed by atoms with Crippen molar-refractivity contribution >= 4 is 45.9 Å². The number of benzene rings is 1. The fourth-order valence-corrected chi connectivity index (χ4v) is 4.18. The van der Waals surface area contributed by atoms with E-state index < -0.39 is 0 Å². The van der Waals surface area contributed by atoms with Gasteiger partial charge in [-0.25, -0.2) is 0 Å². The highest BCUT2D eigenvalue weighted by Gasteiger charge is 2.09. The van der Waals surface area contributed by atoms with Gasteiger partial charge in [0.15, 0.2) is 4.34 Å². The largest absolute Gasteiger partial charge is 0.300 e. The third kappa shape index (κ3) is 5.98. The Hall–Kier alpha value is -1.05. The number of hydrogen-bond acceptors (Lipinski definition) is 6. The van der Waals surface area contributed by atoms with Crippen LogP contribution in [0.5, 0.6) is 0 Å². The number of unbranched alkanes of at least 4 members (excludes halogenated alkanes) is 1. The zero-order valence-corrected chi connectivity index (χ0v) is 15.1. The first-order valence-electron chi connectivity index (χ1n) is 7.13. The molecule has 0 fully saturated rings. The molecule has 1 N–H and O–H groups in total. The summed E-state index contributed by atoms with van der Waals surface area (Å²) in [7, 11) is 0. The van der Waals surface area contributed by atoms with Gasteiger partial charge < -0.3 is 0 Å². The number of rotatable bonds is 8. The molecule has 1 heterocycles. The predicted octanol–water partition coefficient (Wildman–Crippen LogP) is 4.47. The molecule has 0 unspecified atom stereocenters. The highest BCUT2D eigenvalue weighted by atomic mass is 32.2. The molecular formula is C15H19N3OS3. The number of aromatic nitrogens is 2. The lowest BCUT2D eigenvalue weighted by atomic mass is 10.2. The van der Waals surface area contributed by atoms with Gasteiger partial charge in [0.2, 0.25) is 11.0 Å². The second-order valence-corrected chi connectivity index (χ2v) is 8.09. The second kappa shape index (κ2) is 9.17. The standard InChI is InChI=1S/C15H19N3OS3/c1-3-4-9-20-15-18-17-14(22-15)16-13(19)10-21-12-7-5-11(2)6-8-12/h5-8H,3-4,9-10H2,1-2H3,(H,16,17,19). The van der Waals surface area contributed by atoms with E-state index in [4.69, 9.17) is 0 Å². The lowest BCUT2D eigenvalue weighted by Crippen LogP contribution is -2.13. The Bertz CT molecular complexity index is 598. The third-order valence-corrected chi connectivity index (χ3v) is 5.84. The van der Waals surface area contributed by atoms with E-state index in [2.05, 4.69) is 22.4 Å². The maximum atomic E-state index is 11.9. The molecule has 0 aliphatic rings. The van der Waals surface area contributed by atoms with Gasteiger partial charge in [0, 0.05) is 10.6 Å². The topological polar surface area (TPSA) is 54.9 Å². The van der Waals surface area contributed by atoms with Gasteiger partial charge in [0.25, 0.3) is 0 Å². The summed E-state index contributed by atoms with van der Waals surface area (Å²) in [5.74, 6) is 1.37. The summed E-state index contributed by atoms with van der Waals surface area (Å²) in [5, 5.41) is 11.5. The van der Waals surface area contributed by atoms with Crippen molar-refractivity contribution < 1.29 is 4.79 Å². The summed E-state index contributed by atoms with van der Waals surface area (Å²) >= 11 is 4.65. The first kappa shape index (κ1) is 17.3. The molecule has 0 radical (unpaired) electrons. The van der Waals surface area contributed by atoms with Crippen LogP contribution < -0.4 is 5.32 Å². The highest BCUT2D eigenvalue weighted by molar-refractivity contribution is 8.01. The van der Waals surface area contributed by atoms with Crippen LogP contribution in [0.15, 0.2) is 33.5 Å². The minimum atomic E-state index is -0.0492. The van der Waals surface area contributed by atoms with Crippen LogP contribution in [0.1, 0.15) is 25.3 Å². The monoisotopic (exact) mass is 353 g/mol. The molecule has 0 bridgehead atoms. The van der Waals surface area contributed by atoms with Crippen LogP contribution in [0.3, 0.4) is 0 Å². The van der Waals surface area contributed by atoms with Crippen LogP contribution in [0, 0.1) is 6.92 Å². The third-order valence-electron chi connectivity index (χ3n) is 2.77. The molecule has 0 aliphatic carbocycles. The number of carbonyl (C=O) groups is 1. The zero-order valence-electron chi connectivity index (χ0n) is 12.7. The van der Waals surface area contributed by atoms with Crippen LogP contribution >= 0.6 is 34.9 Å². The number of anilines is 1. The van der Waals surface area contributed by atoms with Crippen LogP contribution in [0.2, 0.25) is 0 Å². The van der Waals surface area contributed by atoms with Crippen LogP contribution in [-0.4, -0.2) is 27.6 Å². The Kier molecular flexibility index (Phi) is 7.21. The number of carbonyl (C=O) groups excluding carboxylic acids is 1. The van der Waals surface area contributed by atoms with E-state index in [1.807, 2.05) is 31.2 Å². The van der Waals surface area contributed by atoms with Gasteiger partial charge in [-0.15, -0.1) is 22.0 Å². The minimum Gasteiger partial charge on any atom is -0.300 e.